The lowest BCUT2D eigenvalue weighted by Crippen LogP contribution is -2.38. The number of amides is 1. The molecule has 8 heteroatoms. The summed E-state index contributed by atoms with van der Waals surface area (Å²) >= 11 is 7.71. The predicted molar refractivity (Wildman–Crippen MR) is 98.5 cm³/mol. The summed E-state index contributed by atoms with van der Waals surface area (Å²) < 4.78 is 8.27. The number of nitrogens with zero attached hydrogens (tertiary/aromatic N) is 4. The molecule has 1 aliphatic heterocycles. The molecule has 0 radical (unpaired) electrons. The largest absolute Gasteiger partial charge is 0.376 e. The molecule has 0 unspecified atom stereocenters. The number of carbonyl (C=O) groups excluding carboxylic acids is 1. The van der Waals surface area contributed by atoms with Crippen LogP contribution in [0.2, 0.25) is 5.02 Å². The number of hydrogen-bond acceptors (Lipinski definition) is 5. The predicted octanol–water partition coefficient (Wildman–Crippen LogP) is 3.51. The minimum absolute atomic E-state index is 0.0275. The molecule has 0 saturated carbocycles. The molecule has 130 valence electrons. The maximum Gasteiger partial charge on any atom is 0.278 e. The number of anilines is 1. The van der Waals surface area contributed by atoms with Crippen LogP contribution < -0.4 is 4.90 Å². The summed E-state index contributed by atoms with van der Waals surface area (Å²) in [7, 11) is 1.76. The fraction of sp³-hybridized carbons (Fsp3) is 0.353. The van der Waals surface area contributed by atoms with Gasteiger partial charge in [0.05, 0.1) is 22.4 Å². The number of hydrogen-bond donors (Lipinski definition) is 0. The molecule has 25 heavy (non-hydrogen) atoms. The van der Waals surface area contributed by atoms with E-state index < -0.39 is 0 Å². The molecular formula is C17H17ClN4O2S. The van der Waals surface area contributed by atoms with Crippen molar-refractivity contribution in [2.45, 2.75) is 18.9 Å². The molecule has 6 nitrogen and oxygen atoms in total. The van der Waals surface area contributed by atoms with E-state index in [1.807, 2.05) is 12.1 Å². The van der Waals surface area contributed by atoms with Crippen LogP contribution >= 0.6 is 22.9 Å². The van der Waals surface area contributed by atoms with Gasteiger partial charge in [-0.2, -0.15) is 5.10 Å². The van der Waals surface area contributed by atoms with E-state index in [1.165, 1.54) is 11.3 Å². The van der Waals surface area contributed by atoms with E-state index in [9.17, 15) is 4.79 Å². The molecule has 0 spiro atoms. The Bertz CT molecular complexity index is 916. The zero-order valence-electron chi connectivity index (χ0n) is 13.7. The highest BCUT2D eigenvalue weighted by Gasteiger charge is 2.28. The number of thiazole rings is 1. The van der Waals surface area contributed by atoms with Crippen molar-refractivity contribution >= 4 is 44.2 Å². The molecule has 1 saturated heterocycles. The van der Waals surface area contributed by atoms with E-state index in [4.69, 9.17) is 16.3 Å². The Morgan fingerprint density at radius 1 is 1.48 bits per heavy atom. The normalized spacial score (nSPS) is 17.3. The number of aryl methyl sites for hydroxylation is 1. The smallest absolute Gasteiger partial charge is 0.278 e. The third kappa shape index (κ3) is 3.15. The van der Waals surface area contributed by atoms with Crippen molar-refractivity contribution in [3.63, 3.8) is 0 Å². The van der Waals surface area contributed by atoms with E-state index >= 15 is 0 Å². The summed E-state index contributed by atoms with van der Waals surface area (Å²) in [5.74, 6) is -0.134. The van der Waals surface area contributed by atoms with E-state index in [0.29, 0.717) is 22.4 Å². The maximum absolute atomic E-state index is 13.1. The van der Waals surface area contributed by atoms with Crippen LogP contribution in [-0.2, 0) is 11.8 Å². The van der Waals surface area contributed by atoms with Gasteiger partial charge in [-0.25, -0.2) is 4.98 Å². The summed E-state index contributed by atoms with van der Waals surface area (Å²) in [6.45, 7) is 1.21. The minimum atomic E-state index is -0.134. The first-order valence-corrected chi connectivity index (χ1v) is 9.29. The van der Waals surface area contributed by atoms with Gasteiger partial charge >= 0.3 is 0 Å². The Morgan fingerprint density at radius 3 is 3.04 bits per heavy atom. The molecule has 0 aliphatic carbocycles. The fourth-order valence-electron chi connectivity index (χ4n) is 2.98. The van der Waals surface area contributed by atoms with Gasteiger partial charge in [0.15, 0.2) is 5.13 Å². The maximum atomic E-state index is 13.1. The van der Waals surface area contributed by atoms with Gasteiger partial charge in [0.25, 0.3) is 5.91 Å². The first-order valence-electron chi connectivity index (χ1n) is 8.10. The second kappa shape index (κ2) is 6.74. The van der Waals surface area contributed by atoms with Gasteiger partial charge in [-0.1, -0.05) is 29.0 Å². The SMILES string of the molecule is Cn1nccc1C(=O)N(C[C@H]1CCCO1)c1nc2c(Cl)cccc2s1. The van der Waals surface area contributed by atoms with Crippen molar-refractivity contribution in [3.05, 3.63) is 41.2 Å². The minimum Gasteiger partial charge on any atom is -0.376 e. The number of ether oxygens (including phenoxy) is 1. The zero-order chi connectivity index (χ0) is 17.4. The lowest BCUT2D eigenvalue weighted by molar-refractivity contribution is 0.0910. The van der Waals surface area contributed by atoms with Crippen LogP contribution in [0.25, 0.3) is 10.2 Å². The van der Waals surface area contributed by atoms with E-state index in [2.05, 4.69) is 10.1 Å². The van der Waals surface area contributed by atoms with Gasteiger partial charge in [-0.05, 0) is 31.0 Å². The Labute approximate surface area is 154 Å². The quantitative estimate of drug-likeness (QED) is 0.699. The monoisotopic (exact) mass is 376 g/mol. The van der Waals surface area contributed by atoms with Crippen LogP contribution in [0.1, 0.15) is 23.3 Å². The second-order valence-corrected chi connectivity index (χ2v) is 7.39. The molecule has 2 aromatic heterocycles. The molecule has 3 aromatic rings. The summed E-state index contributed by atoms with van der Waals surface area (Å²) in [5, 5.41) is 5.32. The Morgan fingerprint density at radius 2 is 2.36 bits per heavy atom. The summed E-state index contributed by atoms with van der Waals surface area (Å²) in [6, 6.07) is 7.37. The standard InChI is InChI=1S/C17H17ClN4O2S/c1-21-13(7-8-19-21)16(23)22(10-11-4-3-9-24-11)17-20-15-12(18)5-2-6-14(15)25-17/h2,5-8,11H,3-4,9-10H2,1H3/t11-/m1/s1. The van der Waals surface area contributed by atoms with Crippen LogP contribution in [0.5, 0.6) is 0 Å². The molecule has 1 aromatic carbocycles. The van der Waals surface area contributed by atoms with Crippen molar-refractivity contribution in [2.75, 3.05) is 18.1 Å². The van der Waals surface area contributed by atoms with Crippen LogP contribution in [0.4, 0.5) is 5.13 Å². The van der Waals surface area contributed by atoms with Gasteiger partial charge in [0, 0.05) is 19.9 Å². The van der Waals surface area contributed by atoms with E-state index in [0.717, 1.165) is 29.7 Å². The third-order valence-corrected chi connectivity index (χ3v) is 5.63. The van der Waals surface area contributed by atoms with Gasteiger partial charge in [-0.15, -0.1) is 0 Å². The van der Waals surface area contributed by atoms with Crippen LogP contribution in [-0.4, -0.2) is 39.9 Å². The van der Waals surface area contributed by atoms with E-state index in [1.54, 1.807) is 35.0 Å². The average molecular weight is 377 g/mol. The molecule has 1 fully saturated rings. The number of para-hydroxylation sites is 1. The van der Waals surface area contributed by atoms with Crippen LogP contribution in [0.3, 0.4) is 0 Å². The highest BCUT2D eigenvalue weighted by atomic mass is 35.5. The molecule has 1 amide bonds. The van der Waals surface area contributed by atoms with Crippen molar-refractivity contribution in [3.8, 4) is 0 Å². The van der Waals surface area contributed by atoms with Crippen molar-refractivity contribution in [1.29, 1.82) is 0 Å². The van der Waals surface area contributed by atoms with Crippen LogP contribution in [0.15, 0.2) is 30.5 Å². The molecule has 3 heterocycles. The van der Waals surface area contributed by atoms with Crippen molar-refractivity contribution in [1.82, 2.24) is 14.8 Å². The van der Waals surface area contributed by atoms with Gasteiger partial charge in [0.1, 0.15) is 11.2 Å². The highest BCUT2D eigenvalue weighted by Crippen LogP contribution is 2.34. The molecule has 0 bridgehead atoms. The molecule has 1 atom stereocenters. The lowest BCUT2D eigenvalue weighted by Gasteiger charge is -2.22. The average Bonchev–Trinajstić information content (AvgIpc) is 3.32. The first kappa shape index (κ1) is 16.5. The topological polar surface area (TPSA) is 60.2 Å². The number of halogens is 1. The van der Waals surface area contributed by atoms with Crippen molar-refractivity contribution in [2.24, 2.45) is 7.05 Å². The summed E-state index contributed by atoms with van der Waals surface area (Å²) in [6.07, 6.45) is 3.61. The van der Waals surface area contributed by atoms with Crippen LogP contribution in [0, 0.1) is 0 Å². The Hall–Kier alpha value is -1.96. The summed E-state index contributed by atoms with van der Waals surface area (Å²) in [4.78, 5) is 19.4. The number of benzene rings is 1. The first-order chi connectivity index (χ1) is 12.1. The second-order valence-electron chi connectivity index (χ2n) is 5.97. The third-order valence-electron chi connectivity index (χ3n) is 4.28. The van der Waals surface area contributed by atoms with Gasteiger partial charge in [-0.3, -0.25) is 14.4 Å². The number of aromatic nitrogens is 3. The van der Waals surface area contributed by atoms with E-state index in [-0.39, 0.29) is 12.0 Å². The number of rotatable bonds is 4. The molecule has 0 N–H and O–H groups in total. The lowest BCUT2D eigenvalue weighted by atomic mass is 10.2. The molecular weight excluding hydrogens is 360 g/mol. The number of carbonyl (C=O) groups is 1. The molecule has 1 aliphatic rings. The Balaban J connectivity index is 1.74. The van der Waals surface area contributed by atoms with Crippen molar-refractivity contribution < 1.29 is 9.53 Å². The summed E-state index contributed by atoms with van der Waals surface area (Å²) in [5.41, 5.74) is 1.24. The zero-order valence-corrected chi connectivity index (χ0v) is 15.3. The highest BCUT2D eigenvalue weighted by molar-refractivity contribution is 7.22. The van der Waals surface area contributed by atoms with Gasteiger partial charge in [0.2, 0.25) is 0 Å². The Kier molecular flexibility index (Phi) is 4.45. The number of fused-ring (bicyclic) bond motifs is 1. The molecule has 4 rings (SSSR count). The van der Waals surface area contributed by atoms with Gasteiger partial charge < -0.3 is 4.74 Å². The fourth-order valence-corrected chi connectivity index (χ4v) is 4.25.